The maximum absolute atomic E-state index is 14.6. The lowest BCUT2D eigenvalue weighted by Crippen LogP contribution is -2.38. The second-order valence-electron chi connectivity index (χ2n) is 6.81. The highest BCUT2D eigenvalue weighted by Gasteiger charge is 2.20. The van der Waals surface area contributed by atoms with Gasteiger partial charge in [0.15, 0.2) is 11.6 Å². The molecule has 0 aliphatic rings. The molecule has 11 nitrogen and oxygen atoms in total. The van der Waals surface area contributed by atoms with Crippen molar-refractivity contribution in [2.75, 3.05) is 17.7 Å². The molecule has 0 saturated carbocycles. The number of methoxy groups -OCH3 is 1. The number of nitrogens with zero attached hydrogens (tertiary/aromatic N) is 5. The highest BCUT2D eigenvalue weighted by molar-refractivity contribution is 5.98. The van der Waals surface area contributed by atoms with E-state index in [0.717, 1.165) is 6.07 Å². The third-order valence-corrected chi connectivity index (χ3v) is 4.68. The Morgan fingerprint density at radius 1 is 1.35 bits per heavy atom. The van der Waals surface area contributed by atoms with Crippen LogP contribution in [0.1, 0.15) is 30.6 Å². The molecule has 164 valence electrons. The number of carbonyl (C=O) groups is 1. The lowest BCUT2D eigenvalue weighted by molar-refractivity contribution is 0.100. The number of hydrogen-bond acceptors (Lipinski definition) is 9. The van der Waals surface area contributed by atoms with E-state index in [1.54, 1.807) is 12.3 Å². The van der Waals surface area contributed by atoms with Gasteiger partial charge in [0, 0.05) is 12.1 Å². The van der Waals surface area contributed by atoms with Crippen LogP contribution in [0, 0.1) is 5.82 Å². The molecule has 0 radical (unpaired) electrons. The predicted octanol–water partition coefficient (Wildman–Crippen LogP) is 1.59. The molecular weight excluding hydrogens is 405 g/mol. The summed E-state index contributed by atoms with van der Waals surface area (Å²) in [5, 5.41) is 13.6. The van der Waals surface area contributed by atoms with Crippen molar-refractivity contribution in [3.63, 3.8) is 0 Å². The van der Waals surface area contributed by atoms with Gasteiger partial charge in [0.25, 0.3) is 5.91 Å². The van der Waals surface area contributed by atoms with Gasteiger partial charge in [-0.3, -0.25) is 4.79 Å². The minimum atomic E-state index is -0.836. The minimum absolute atomic E-state index is 0.0538. The van der Waals surface area contributed by atoms with Gasteiger partial charge in [0.2, 0.25) is 5.88 Å². The first-order valence-electron chi connectivity index (χ1n) is 9.54. The molecule has 12 heteroatoms. The van der Waals surface area contributed by atoms with E-state index in [-0.39, 0.29) is 29.3 Å². The average Bonchev–Trinajstić information content (AvgIpc) is 3.29. The molecule has 6 N–H and O–H groups in total. The zero-order valence-corrected chi connectivity index (χ0v) is 17.3. The summed E-state index contributed by atoms with van der Waals surface area (Å²) in [5.74, 6) is -1.24. The lowest BCUT2D eigenvalue weighted by atomic mass is 10.1. The Morgan fingerprint density at radius 3 is 2.74 bits per heavy atom. The first-order valence-corrected chi connectivity index (χ1v) is 9.54. The third-order valence-electron chi connectivity index (χ3n) is 4.68. The van der Waals surface area contributed by atoms with Crippen LogP contribution in [0.25, 0.3) is 5.69 Å². The second kappa shape index (κ2) is 9.34. The molecule has 1 amide bonds. The van der Waals surface area contributed by atoms with E-state index in [4.69, 9.17) is 16.2 Å². The molecule has 2 atom stereocenters. The molecule has 0 saturated heterocycles. The molecule has 3 heterocycles. The van der Waals surface area contributed by atoms with Crippen molar-refractivity contribution < 1.29 is 13.9 Å². The number of rotatable bonds is 9. The van der Waals surface area contributed by atoms with Crippen LogP contribution in [-0.4, -0.2) is 50.1 Å². The largest absolute Gasteiger partial charge is 0.479 e. The van der Waals surface area contributed by atoms with Gasteiger partial charge in [-0.05, 0) is 25.5 Å². The van der Waals surface area contributed by atoms with Gasteiger partial charge in [-0.1, -0.05) is 12.1 Å². The quantitative estimate of drug-likeness (QED) is 0.396. The van der Waals surface area contributed by atoms with Crippen LogP contribution in [0.4, 0.5) is 21.7 Å². The van der Waals surface area contributed by atoms with Crippen molar-refractivity contribution >= 4 is 23.2 Å². The molecule has 3 aromatic rings. The Kier molecular flexibility index (Phi) is 6.60. The van der Waals surface area contributed by atoms with Crippen LogP contribution in [0.15, 0.2) is 30.7 Å². The molecule has 3 aromatic heterocycles. The van der Waals surface area contributed by atoms with Gasteiger partial charge in [0.1, 0.15) is 11.5 Å². The monoisotopic (exact) mass is 429 g/mol. The van der Waals surface area contributed by atoms with Crippen LogP contribution >= 0.6 is 0 Å². The summed E-state index contributed by atoms with van der Waals surface area (Å²) in [4.78, 5) is 20.3. The van der Waals surface area contributed by atoms with Crippen molar-refractivity contribution in [3.05, 3.63) is 42.1 Å². The topological polar surface area (TPSA) is 159 Å². The maximum atomic E-state index is 14.6. The minimum Gasteiger partial charge on any atom is -0.479 e. The zero-order valence-electron chi connectivity index (χ0n) is 17.3. The number of hydrogen-bond donors (Lipinski definition) is 4. The fourth-order valence-corrected chi connectivity index (χ4v) is 2.85. The normalized spacial score (nSPS) is 12.8. The molecule has 0 spiro atoms. The summed E-state index contributed by atoms with van der Waals surface area (Å²) in [5.41, 5.74) is 12.3. The lowest BCUT2D eigenvalue weighted by Gasteiger charge is -2.21. The highest BCUT2D eigenvalue weighted by atomic mass is 19.1. The van der Waals surface area contributed by atoms with E-state index < -0.39 is 11.7 Å². The number of carbonyl (C=O) groups excluding carboxylic acids is 1. The second-order valence-corrected chi connectivity index (χ2v) is 6.81. The summed E-state index contributed by atoms with van der Waals surface area (Å²) in [6.07, 6.45) is 5.29. The summed E-state index contributed by atoms with van der Waals surface area (Å²) in [6.45, 7) is 3.75. The summed E-state index contributed by atoms with van der Waals surface area (Å²) in [7, 11) is 1.47. The van der Waals surface area contributed by atoms with Crippen molar-refractivity contribution in [2.45, 2.75) is 32.4 Å². The number of halogens is 1. The number of nitrogens with one attached hydrogen (secondary N) is 2. The van der Waals surface area contributed by atoms with E-state index in [1.165, 1.54) is 24.2 Å². The van der Waals surface area contributed by atoms with Crippen LogP contribution in [0.3, 0.4) is 0 Å². The Morgan fingerprint density at radius 2 is 2.13 bits per heavy atom. The predicted molar refractivity (Wildman–Crippen MR) is 113 cm³/mol. The molecule has 0 fully saturated rings. The van der Waals surface area contributed by atoms with Crippen LogP contribution in [-0.2, 0) is 0 Å². The summed E-state index contributed by atoms with van der Waals surface area (Å²) < 4.78 is 21.3. The number of anilines is 3. The van der Waals surface area contributed by atoms with E-state index >= 15 is 0 Å². The molecular formula is C19H24FN9O2. The van der Waals surface area contributed by atoms with Gasteiger partial charge in [0.05, 0.1) is 37.0 Å². The Balaban J connectivity index is 1.99. The van der Waals surface area contributed by atoms with Gasteiger partial charge in [-0.15, -0.1) is 5.10 Å². The van der Waals surface area contributed by atoms with Gasteiger partial charge < -0.3 is 26.8 Å². The Labute approximate surface area is 178 Å². The van der Waals surface area contributed by atoms with E-state index in [9.17, 15) is 9.18 Å². The molecule has 0 aliphatic heterocycles. The zero-order chi connectivity index (χ0) is 22.5. The molecule has 0 bridgehead atoms. The number of nitrogens with two attached hydrogens (primary N) is 2. The molecule has 1 unspecified atom stereocenters. The van der Waals surface area contributed by atoms with Gasteiger partial charge >= 0.3 is 0 Å². The Hall–Kier alpha value is -3.80. The summed E-state index contributed by atoms with van der Waals surface area (Å²) >= 11 is 0. The number of pyridine rings is 2. The number of ether oxygens (including phenoxy) is 1. The van der Waals surface area contributed by atoms with Crippen LogP contribution in [0.2, 0.25) is 0 Å². The van der Waals surface area contributed by atoms with Gasteiger partial charge in [-0.2, -0.15) is 0 Å². The highest BCUT2D eigenvalue weighted by Crippen LogP contribution is 2.27. The molecule has 3 rings (SSSR count). The van der Waals surface area contributed by atoms with Crippen molar-refractivity contribution in [3.8, 4) is 11.6 Å². The average molecular weight is 429 g/mol. The number of aromatic nitrogens is 5. The van der Waals surface area contributed by atoms with E-state index in [1.807, 2.05) is 13.8 Å². The van der Waals surface area contributed by atoms with Crippen LogP contribution in [0.5, 0.6) is 5.88 Å². The molecule has 0 aliphatic carbocycles. The summed E-state index contributed by atoms with van der Waals surface area (Å²) in [6, 6.07) is 2.24. The standard InChI is InChI=1S/C19H24FN9O2/c1-4-14(21)10(2)25-18-13(20)8-12(16(22)30)17(27-18)26-11-7-15(19(31-3)23-9-11)29-6-5-24-28-29/h5-10,14H,4,21H2,1-3H3,(H2,22,30)(H2,25,26,27)/t10?,14-/m0/s1. The number of amides is 1. The fraction of sp³-hybridized carbons (Fsp3) is 0.316. The van der Waals surface area contributed by atoms with Gasteiger partial charge in [-0.25, -0.2) is 19.0 Å². The Bertz CT molecular complexity index is 1060. The van der Waals surface area contributed by atoms with Crippen molar-refractivity contribution in [1.82, 2.24) is 25.0 Å². The molecule has 31 heavy (non-hydrogen) atoms. The maximum Gasteiger partial charge on any atom is 0.252 e. The van der Waals surface area contributed by atoms with Crippen molar-refractivity contribution in [1.29, 1.82) is 0 Å². The fourth-order valence-electron chi connectivity index (χ4n) is 2.85. The number of primary amides is 1. The van der Waals surface area contributed by atoms with E-state index in [0.29, 0.717) is 23.7 Å². The van der Waals surface area contributed by atoms with Crippen molar-refractivity contribution in [2.24, 2.45) is 11.5 Å². The third kappa shape index (κ3) is 4.86. The first-order chi connectivity index (χ1) is 14.8. The molecule has 0 aromatic carbocycles. The van der Waals surface area contributed by atoms with Crippen LogP contribution < -0.4 is 26.8 Å². The SMILES string of the molecule is CC[C@H](N)C(C)Nc1nc(Nc2cnc(OC)c(-n3ccnn3)c2)c(C(N)=O)cc1F. The first kappa shape index (κ1) is 21.9. The smallest absolute Gasteiger partial charge is 0.252 e. The van der Waals surface area contributed by atoms with E-state index in [2.05, 4.69) is 30.9 Å².